The molecule has 1 aromatic rings. The minimum Gasteiger partial charge on any atom is -0.382 e. The Morgan fingerprint density at radius 1 is 1.20 bits per heavy atom. The summed E-state index contributed by atoms with van der Waals surface area (Å²) in [6.07, 6.45) is 7.29. The van der Waals surface area contributed by atoms with Gasteiger partial charge in [0.15, 0.2) is 5.13 Å². The van der Waals surface area contributed by atoms with Crippen LogP contribution >= 0.6 is 11.3 Å². The third-order valence-electron chi connectivity index (χ3n) is 3.00. The fourth-order valence-corrected chi connectivity index (χ4v) is 2.78. The first-order valence-electron chi connectivity index (χ1n) is 7.47. The van der Waals surface area contributed by atoms with Crippen LogP contribution in [0.5, 0.6) is 0 Å². The lowest BCUT2D eigenvalue weighted by Crippen LogP contribution is -2.24. The molecule has 1 heterocycles. The number of nitrogens with zero attached hydrogens (tertiary/aromatic N) is 1. The first-order chi connectivity index (χ1) is 9.69. The first kappa shape index (κ1) is 16.8. The largest absolute Gasteiger partial charge is 0.382 e. The molecule has 0 unspecified atom stereocenters. The van der Waals surface area contributed by atoms with Gasteiger partial charge in [0.25, 0.3) is 5.91 Å². The fourth-order valence-electron chi connectivity index (χ4n) is 1.91. The fraction of sp³-hybridized carbons (Fsp3) is 0.714. The second kappa shape index (κ2) is 9.58. The summed E-state index contributed by atoms with van der Waals surface area (Å²) in [5.74, 6) is 0.198. The van der Waals surface area contributed by atoms with E-state index in [0.29, 0.717) is 22.4 Å². The lowest BCUT2D eigenvalue weighted by molar-refractivity contribution is 0.0957. The third-order valence-corrected chi connectivity index (χ3v) is 4.03. The molecule has 0 bridgehead atoms. The highest BCUT2D eigenvalue weighted by molar-refractivity contribution is 7.18. The molecular weight excluding hydrogens is 272 g/mol. The number of unbranched alkanes of at least 4 members (excludes halogenated alkanes) is 5. The number of thiazole rings is 1. The van der Waals surface area contributed by atoms with Crippen LogP contribution in [0.15, 0.2) is 0 Å². The predicted octanol–water partition coefficient (Wildman–Crippen LogP) is 3.25. The van der Waals surface area contributed by atoms with Crippen molar-refractivity contribution in [3.05, 3.63) is 4.88 Å². The predicted molar refractivity (Wildman–Crippen MR) is 86.4 cm³/mol. The van der Waals surface area contributed by atoms with E-state index in [2.05, 4.69) is 22.5 Å². The van der Waals surface area contributed by atoms with E-state index < -0.39 is 0 Å². The quantitative estimate of drug-likeness (QED) is 0.579. The molecule has 0 aliphatic rings. The molecular formula is C14H26N4OS. The minimum atomic E-state index is -0.113. The maximum absolute atomic E-state index is 12.0. The number of hydrogen-bond acceptors (Lipinski definition) is 5. The Labute approximate surface area is 125 Å². The molecule has 1 rings (SSSR count). The molecule has 0 saturated carbocycles. The Hall–Kier alpha value is -1.30. The summed E-state index contributed by atoms with van der Waals surface area (Å²) in [4.78, 5) is 16.6. The van der Waals surface area contributed by atoms with Gasteiger partial charge in [0.2, 0.25) is 0 Å². The maximum atomic E-state index is 12.0. The van der Waals surface area contributed by atoms with Crippen LogP contribution in [-0.4, -0.2) is 24.0 Å². The molecule has 0 aromatic carbocycles. The number of nitrogens with two attached hydrogens (primary N) is 1. The summed E-state index contributed by atoms with van der Waals surface area (Å²) in [5.41, 5.74) is 5.76. The maximum Gasteiger partial charge on any atom is 0.265 e. The number of aromatic nitrogens is 1. The molecule has 20 heavy (non-hydrogen) atoms. The van der Waals surface area contributed by atoms with Crippen molar-refractivity contribution in [2.75, 3.05) is 24.1 Å². The van der Waals surface area contributed by atoms with Crippen LogP contribution in [-0.2, 0) is 0 Å². The van der Waals surface area contributed by atoms with E-state index in [1.54, 1.807) is 0 Å². The number of nitrogen functional groups attached to an aromatic ring is 1. The number of carbonyl (C=O) groups excluding carboxylic acids is 1. The number of carbonyl (C=O) groups is 1. The molecule has 0 atom stereocenters. The summed E-state index contributed by atoms with van der Waals surface area (Å²) in [6, 6.07) is 0. The van der Waals surface area contributed by atoms with Gasteiger partial charge in [-0.25, -0.2) is 4.98 Å². The van der Waals surface area contributed by atoms with Crippen LogP contribution in [0.1, 0.15) is 62.0 Å². The van der Waals surface area contributed by atoms with Crippen LogP contribution < -0.4 is 16.4 Å². The molecule has 0 saturated heterocycles. The normalized spacial score (nSPS) is 10.5. The Balaban J connectivity index is 2.25. The smallest absolute Gasteiger partial charge is 0.265 e. The summed E-state index contributed by atoms with van der Waals surface area (Å²) in [7, 11) is 0. The van der Waals surface area contributed by atoms with Gasteiger partial charge in [-0.15, -0.1) is 0 Å². The summed E-state index contributed by atoms with van der Waals surface area (Å²) in [5, 5.41) is 6.68. The highest BCUT2D eigenvalue weighted by Crippen LogP contribution is 2.24. The highest BCUT2D eigenvalue weighted by atomic mass is 32.1. The average molecular weight is 298 g/mol. The molecule has 4 N–H and O–H groups in total. The number of rotatable bonds is 10. The Bertz CT molecular complexity index is 406. The molecule has 0 aliphatic heterocycles. The Kier molecular flexibility index (Phi) is 8.02. The van der Waals surface area contributed by atoms with E-state index in [-0.39, 0.29) is 5.91 Å². The second-order valence-corrected chi connectivity index (χ2v) is 5.79. The van der Waals surface area contributed by atoms with Gasteiger partial charge >= 0.3 is 0 Å². The summed E-state index contributed by atoms with van der Waals surface area (Å²) in [6.45, 7) is 5.67. The van der Waals surface area contributed by atoms with Crippen LogP contribution in [0.2, 0.25) is 0 Å². The zero-order valence-electron chi connectivity index (χ0n) is 12.5. The highest BCUT2D eigenvalue weighted by Gasteiger charge is 2.15. The lowest BCUT2D eigenvalue weighted by atomic mass is 10.1. The van der Waals surface area contributed by atoms with E-state index in [4.69, 9.17) is 5.73 Å². The zero-order valence-corrected chi connectivity index (χ0v) is 13.3. The third kappa shape index (κ3) is 5.77. The summed E-state index contributed by atoms with van der Waals surface area (Å²) < 4.78 is 0. The second-order valence-electron chi connectivity index (χ2n) is 4.79. The molecule has 0 aliphatic carbocycles. The number of anilines is 2. The van der Waals surface area contributed by atoms with E-state index >= 15 is 0 Å². The van der Waals surface area contributed by atoms with Crippen molar-refractivity contribution in [3.63, 3.8) is 0 Å². The van der Waals surface area contributed by atoms with Gasteiger partial charge in [-0.3, -0.25) is 4.79 Å². The van der Waals surface area contributed by atoms with Crippen LogP contribution in [0.4, 0.5) is 10.9 Å². The molecule has 114 valence electrons. The topological polar surface area (TPSA) is 80.0 Å². The van der Waals surface area contributed by atoms with Gasteiger partial charge in [0.1, 0.15) is 10.7 Å². The van der Waals surface area contributed by atoms with Crippen LogP contribution in [0.3, 0.4) is 0 Å². The van der Waals surface area contributed by atoms with Gasteiger partial charge in [-0.1, -0.05) is 50.4 Å². The van der Waals surface area contributed by atoms with E-state index in [1.165, 1.54) is 43.4 Å². The minimum absolute atomic E-state index is 0.113. The summed E-state index contributed by atoms with van der Waals surface area (Å²) >= 11 is 1.31. The molecule has 5 nitrogen and oxygen atoms in total. The monoisotopic (exact) mass is 298 g/mol. The van der Waals surface area contributed by atoms with Crippen LogP contribution in [0, 0.1) is 0 Å². The Morgan fingerprint density at radius 3 is 2.60 bits per heavy atom. The van der Waals surface area contributed by atoms with Crippen molar-refractivity contribution in [1.82, 2.24) is 10.3 Å². The molecule has 6 heteroatoms. The molecule has 1 aromatic heterocycles. The van der Waals surface area contributed by atoms with Gasteiger partial charge in [0, 0.05) is 13.1 Å². The standard InChI is InChI=1S/C14H26N4OS/c1-3-5-6-7-8-9-10-17-13(19)11-12(15)18-14(20-11)16-4-2/h3-10,15H2,1-2H3,(H,16,18)(H,17,19). The number of hydrogen-bond donors (Lipinski definition) is 3. The molecule has 0 spiro atoms. The zero-order chi connectivity index (χ0) is 14.8. The molecule has 0 fully saturated rings. The van der Waals surface area contributed by atoms with Crippen molar-refractivity contribution >= 4 is 28.2 Å². The van der Waals surface area contributed by atoms with Crippen molar-refractivity contribution in [2.24, 2.45) is 0 Å². The van der Waals surface area contributed by atoms with Crippen molar-refractivity contribution in [2.45, 2.75) is 52.4 Å². The van der Waals surface area contributed by atoms with Gasteiger partial charge < -0.3 is 16.4 Å². The van der Waals surface area contributed by atoms with Gasteiger partial charge in [-0.05, 0) is 13.3 Å². The van der Waals surface area contributed by atoms with E-state index in [9.17, 15) is 4.79 Å². The van der Waals surface area contributed by atoms with Crippen LogP contribution in [0.25, 0.3) is 0 Å². The number of amides is 1. The average Bonchev–Trinajstić information content (AvgIpc) is 2.79. The first-order valence-corrected chi connectivity index (χ1v) is 8.29. The Morgan fingerprint density at radius 2 is 1.90 bits per heavy atom. The van der Waals surface area contributed by atoms with Gasteiger partial charge in [-0.2, -0.15) is 0 Å². The SMILES string of the molecule is CCCCCCCCNC(=O)c1sc(NCC)nc1N. The van der Waals surface area contributed by atoms with Gasteiger partial charge in [0.05, 0.1) is 0 Å². The lowest BCUT2D eigenvalue weighted by Gasteiger charge is -2.03. The van der Waals surface area contributed by atoms with E-state index in [1.807, 2.05) is 6.92 Å². The van der Waals surface area contributed by atoms with E-state index in [0.717, 1.165) is 13.0 Å². The molecule has 1 amide bonds. The molecule has 0 radical (unpaired) electrons. The van der Waals surface area contributed by atoms with Crippen molar-refractivity contribution < 1.29 is 4.79 Å². The van der Waals surface area contributed by atoms with Crippen molar-refractivity contribution in [3.8, 4) is 0 Å². The number of nitrogens with one attached hydrogen (secondary N) is 2. The van der Waals surface area contributed by atoms with Crippen molar-refractivity contribution in [1.29, 1.82) is 0 Å².